The minimum Gasteiger partial charge on any atom is -0.320 e. The molecule has 1 fully saturated rings. The summed E-state index contributed by atoms with van der Waals surface area (Å²) in [7, 11) is 0. The molecular formula is C5H8F2O. The molecule has 0 spiro atoms. The first kappa shape index (κ1) is 5.95. The fourth-order valence-corrected chi connectivity index (χ4v) is 0.683. The van der Waals surface area contributed by atoms with Gasteiger partial charge >= 0.3 is 6.11 Å². The van der Waals surface area contributed by atoms with Crippen molar-refractivity contribution >= 4 is 0 Å². The molecule has 0 aromatic rings. The van der Waals surface area contributed by atoms with Gasteiger partial charge in [0.1, 0.15) is 0 Å². The summed E-state index contributed by atoms with van der Waals surface area (Å²) in [5, 5.41) is 0. The summed E-state index contributed by atoms with van der Waals surface area (Å²) in [6, 6.07) is 0. The van der Waals surface area contributed by atoms with Crippen molar-refractivity contribution < 1.29 is 13.5 Å². The van der Waals surface area contributed by atoms with E-state index in [0.29, 0.717) is 6.42 Å². The highest BCUT2D eigenvalue weighted by Gasteiger charge is 2.48. The Hall–Kier alpha value is -0.180. The number of rotatable bonds is 1. The van der Waals surface area contributed by atoms with Gasteiger partial charge in [-0.2, -0.15) is 8.78 Å². The highest BCUT2D eigenvalue weighted by atomic mass is 19.3. The van der Waals surface area contributed by atoms with E-state index in [2.05, 4.69) is 4.74 Å². The van der Waals surface area contributed by atoms with Crippen LogP contribution in [0.2, 0.25) is 0 Å². The zero-order valence-corrected chi connectivity index (χ0v) is 4.66. The Morgan fingerprint density at radius 2 is 2.38 bits per heavy atom. The van der Waals surface area contributed by atoms with E-state index in [1.165, 1.54) is 0 Å². The molecule has 1 rings (SSSR count). The van der Waals surface area contributed by atoms with Crippen LogP contribution in [-0.4, -0.2) is 12.7 Å². The lowest BCUT2D eigenvalue weighted by Crippen LogP contribution is -2.45. The van der Waals surface area contributed by atoms with Gasteiger partial charge in [-0.15, -0.1) is 0 Å². The van der Waals surface area contributed by atoms with Crippen LogP contribution in [-0.2, 0) is 4.74 Å². The second-order valence-electron chi connectivity index (χ2n) is 1.98. The summed E-state index contributed by atoms with van der Waals surface area (Å²) in [4.78, 5) is 0. The molecular weight excluding hydrogens is 114 g/mol. The zero-order valence-electron chi connectivity index (χ0n) is 4.66. The van der Waals surface area contributed by atoms with Crippen LogP contribution < -0.4 is 0 Å². The third-order valence-electron chi connectivity index (χ3n) is 1.45. The Kier molecular flexibility index (Phi) is 1.23. The van der Waals surface area contributed by atoms with Crippen LogP contribution in [0, 0.1) is 5.92 Å². The van der Waals surface area contributed by atoms with Gasteiger partial charge in [0.05, 0.1) is 12.5 Å². The van der Waals surface area contributed by atoms with E-state index < -0.39 is 12.0 Å². The predicted molar refractivity (Wildman–Crippen MR) is 24.7 cm³/mol. The van der Waals surface area contributed by atoms with Gasteiger partial charge in [-0.1, -0.05) is 6.92 Å². The van der Waals surface area contributed by atoms with E-state index in [9.17, 15) is 8.78 Å². The smallest absolute Gasteiger partial charge is 0.320 e. The molecule has 0 aliphatic carbocycles. The maximum absolute atomic E-state index is 12.0. The third kappa shape index (κ3) is 0.708. The van der Waals surface area contributed by atoms with Crippen molar-refractivity contribution in [1.29, 1.82) is 0 Å². The third-order valence-corrected chi connectivity index (χ3v) is 1.45. The molecule has 1 heterocycles. The monoisotopic (exact) mass is 122 g/mol. The van der Waals surface area contributed by atoms with Crippen molar-refractivity contribution in [2.24, 2.45) is 5.92 Å². The highest BCUT2D eigenvalue weighted by Crippen LogP contribution is 2.37. The minimum absolute atomic E-state index is 0.226. The van der Waals surface area contributed by atoms with Crippen molar-refractivity contribution in [3.8, 4) is 0 Å². The van der Waals surface area contributed by atoms with Crippen LogP contribution in [0.3, 0.4) is 0 Å². The first-order valence-corrected chi connectivity index (χ1v) is 2.68. The Morgan fingerprint density at radius 1 is 1.75 bits per heavy atom. The predicted octanol–water partition coefficient (Wildman–Crippen LogP) is 1.64. The summed E-state index contributed by atoms with van der Waals surface area (Å²) in [6.45, 7) is 1.96. The number of alkyl halides is 2. The SMILES string of the molecule is CCC1COC1(F)F. The van der Waals surface area contributed by atoms with E-state index in [1.54, 1.807) is 6.92 Å². The van der Waals surface area contributed by atoms with Gasteiger partial charge < -0.3 is 4.74 Å². The topological polar surface area (TPSA) is 9.23 Å². The molecule has 0 amide bonds. The van der Waals surface area contributed by atoms with Crippen molar-refractivity contribution in [2.45, 2.75) is 19.5 Å². The summed E-state index contributed by atoms with van der Waals surface area (Å²) in [6.07, 6.45) is -2.30. The van der Waals surface area contributed by atoms with E-state index in [-0.39, 0.29) is 6.61 Å². The molecule has 8 heavy (non-hydrogen) atoms. The molecule has 1 atom stereocenters. The largest absolute Gasteiger partial charge is 0.360 e. The molecule has 1 nitrogen and oxygen atoms in total. The Bertz CT molecular complexity index is 90.4. The van der Waals surface area contributed by atoms with Gasteiger partial charge in [0, 0.05) is 0 Å². The second-order valence-corrected chi connectivity index (χ2v) is 1.98. The van der Waals surface area contributed by atoms with Crippen molar-refractivity contribution in [1.82, 2.24) is 0 Å². The van der Waals surface area contributed by atoms with Gasteiger partial charge in [0.25, 0.3) is 0 Å². The van der Waals surface area contributed by atoms with E-state index >= 15 is 0 Å². The normalized spacial score (nSPS) is 34.1. The summed E-state index contributed by atoms with van der Waals surface area (Å²) < 4.78 is 27.9. The van der Waals surface area contributed by atoms with Crippen LogP contribution in [0.15, 0.2) is 0 Å². The summed E-state index contributed by atoms with van der Waals surface area (Å²) in [5.74, 6) is -0.525. The van der Waals surface area contributed by atoms with Crippen molar-refractivity contribution in [3.05, 3.63) is 0 Å². The average molecular weight is 122 g/mol. The van der Waals surface area contributed by atoms with Crippen molar-refractivity contribution in [3.63, 3.8) is 0 Å². The second kappa shape index (κ2) is 1.65. The average Bonchev–Trinajstić information content (AvgIpc) is 1.66. The molecule has 1 saturated heterocycles. The standard InChI is InChI=1S/C5H8F2O/c1-2-4-3-8-5(4,6)7/h4H,2-3H2,1H3. The zero-order chi connectivity index (χ0) is 6.20. The van der Waals surface area contributed by atoms with Crippen LogP contribution in [0.25, 0.3) is 0 Å². The van der Waals surface area contributed by atoms with Crippen LogP contribution >= 0.6 is 0 Å². The van der Waals surface area contributed by atoms with Crippen LogP contribution in [0.1, 0.15) is 13.3 Å². The molecule has 0 aromatic carbocycles. The molecule has 0 radical (unpaired) electrons. The van der Waals surface area contributed by atoms with E-state index in [4.69, 9.17) is 0 Å². The molecule has 0 bridgehead atoms. The first-order valence-electron chi connectivity index (χ1n) is 2.68. The maximum atomic E-state index is 12.0. The molecule has 48 valence electrons. The van der Waals surface area contributed by atoms with Gasteiger partial charge in [-0.3, -0.25) is 0 Å². The van der Waals surface area contributed by atoms with Gasteiger partial charge in [-0.25, -0.2) is 0 Å². The Balaban J connectivity index is 2.37. The molecule has 0 saturated carbocycles. The lowest BCUT2D eigenvalue weighted by molar-refractivity contribution is -0.357. The molecule has 1 aliphatic heterocycles. The number of hydrogen-bond acceptors (Lipinski definition) is 1. The van der Waals surface area contributed by atoms with Crippen LogP contribution in [0.5, 0.6) is 0 Å². The number of hydrogen-bond donors (Lipinski definition) is 0. The fourth-order valence-electron chi connectivity index (χ4n) is 0.683. The summed E-state index contributed by atoms with van der Waals surface area (Å²) in [5.41, 5.74) is 0. The Labute approximate surface area is 46.6 Å². The van der Waals surface area contributed by atoms with Crippen LogP contribution in [0.4, 0.5) is 8.78 Å². The number of ether oxygens (including phenoxy) is 1. The molecule has 1 aliphatic rings. The molecule has 1 unspecified atom stereocenters. The molecule has 3 heteroatoms. The lowest BCUT2D eigenvalue weighted by Gasteiger charge is -2.34. The van der Waals surface area contributed by atoms with E-state index in [1.807, 2.05) is 0 Å². The molecule has 0 aromatic heterocycles. The van der Waals surface area contributed by atoms with Crippen molar-refractivity contribution in [2.75, 3.05) is 6.61 Å². The Morgan fingerprint density at radius 3 is 2.38 bits per heavy atom. The first-order chi connectivity index (χ1) is 3.67. The van der Waals surface area contributed by atoms with Gasteiger partial charge in [0.15, 0.2) is 0 Å². The minimum atomic E-state index is -2.81. The number of halogens is 2. The molecule has 0 N–H and O–H groups in total. The van der Waals surface area contributed by atoms with E-state index in [0.717, 1.165) is 0 Å². The highest BCUT2D eigenvalue weighted by molar-refractivity contribution is 4.75. The fraction of sp³-hybridized carbons (Fsp3) is 1.00. The lowest BCUT2D eigenvalue weighted by atomic mass is 10.0. The maximum Gasteiger partial charge on any atom is 0.360 e. The quantitative estimate of drug-likeness (QED) is 0.513. The van der Waals surface area contributed by atoms with Gasteiger partial charge in [-0.05, 0) is 6.42 Å². The van der Waals surface area contributed by atoms with Gasteiger partial charge in [0.2, 0.25) is 0 Å². The summed E-state index contributed by atoms with van der Waals surface area (Å²) >= 11 is 0.